The first-order valence-electron chi connectivity index (χ1n) is 8.22. The van der Waals surface area contributed by atoms with Crippen molar-refractivity contribution in [2.45, 2.75) is 45.4 Å². The van der Waals surface area contributed by atoms with Crippen molar-refractivity contribution in [3.8, 4) is 0 Å². The van der Waals surface area contributed by atoms with Crippen molar-refractivity contribution in [2.24, 2.45) is 11.3 Å². The number of halogens is 1. The standard InChI is InChI=1S/C17H23BrN4O2/c1-17(2,16(23)24-3)11-6-4-5-10(9-11)15-21-13(18)12-14(19)20-7-8-22(12)15/h7-8,10-11H,4-6,9H2,1-3H3,(H2,19,20). The fourth-order valence-corrected chi connectivity index (χ4v) is 4.42. The third-order valence-corrected chi connectivity index (χ3v) is 5.89. The third-order valence-electron chi connectivity index (χ3n) is 5.34. The molecule has 130 valence electrons. The summed E-state index contributed by atoms with van der Waals surface area (Å²) >= 11 is 3.50. The fraction of sp³-hybridized carbons (Fsp3) is 0.588. The van der Waals surface area contributed by atoms with Gasteiger partial charge in [0.15, 0.2) is 5.82 Å². The second kappa shape index (κ2) is 6.35. The highest BCUT2D eigenvalue weighted by molar-refractivity contribution is 9.10. The second-order valence-corrected chi connectivity index (χ2v) is 7.82. The normalized spacial score (nSPS) is 21.8. The van der Waals surface area contributed by atoms with Gasteiger partial charge in [0.1, 0.15) is 15.9 Å². The summed E-state index contributed by atoms with van der Waals surface area (Å²) in [5.74, 6) is 1.86. The van der Waals surface area contributed by atoms with Gasteiger partial charge in [-0.25, -0.2) is 9.97 Å². The molecule has 2 aromatic heterocycles. The van der Waals surface area contributed by atoms with Crippen molar-refractivity contribution in [2.75, 3.05) is 12.8 Å². The highest BCUT2D eigenvalue weighted by Crippen LogP contribution is 2.45. The molecular formula is C17H23BrN4O2. The van der Waals surface area contributed by atoms with E-state index in [9.17, 15) is 4.79 Å². The lowest BCUT2D eigenvalue weighted by atomic mass is 9.68. The van der Waals surface area contributed by atoms with Gasteiger partial charge in [-0.3, -0.25) is 9.20 Å². The molecule has 0 spiro atoms. The van der Waals surface area contributed by atoms with Crippen molar-refractivity contribution < 1.29 is 9.53 Å². The Morgan fingerprint density at radius 3 is 2.92 bits per heavy atom. The number of methoxy groups -OCH3 is 1. The van der Waals surface area contributed by atoms with Gasteiger partial charge in [-0.05, 0) is 55.0 Å². The first-order chi connectivity index (χ1) is 11.4. The van der Waals surface area contributed by atoms with Crippen LogP contribution in [0, 0.1) is 11.3 Å². The number of esters is 1. The Morgan fingerprint density at radius 1 is 1.46 bits per heavy atom. The smallest absolute Gasteiger partial charge is 0.311 e. The van der Waals surface area contributed by atoms with Gasteiger partial charge in [-0.2, -0.15) is 0 Å². The number of aromatic nitrogens is 3. The lowest BCUT2D eigenvalue weighted by Crippen LogP contribution is -2.36. The van der Waals surface area contributed by atoms with Crippen LogP contribution in [0.25, 0.3) is 5.52 Å². The monoisotopic (exact) mass is 394 g/mol. The number of nitrogens with two attached hydrogens (primary N) is 1. The van der Waals surface area contributed by atoms with Crippen LogP contribution in [0.4, 0.5) is 5.82 Å². The number of anilines is 1. The van der Waals surface area contributed by atoms with Crippen LogP contribution >= 0.6 is 15.9 Å². The number of carbonyl (C=O) groups is 1. The summed E-state index contributed by atoms with van der Waals surface area (Å²) in [4.78, 5) is 21.0. The lowest BCUT2D eigenvalue weighted by Gasteiger charge is -2.37. The number of rotatable bonds is 3. The van der Waals surface area contributed by atoms with E-state index in [-0.39, 0.29) is 17.8 Å². The molecule has 2 atom stereocenters. The van der Waals surface area contributed by atoms with Gasteiger partial charge >= 0.3 is 5.97 Å². The van der Waals surface area contributed by atoms with Crippen molar-refractivity contribution in [3.63, 3.8) is 0 Å². The van der Waals surface area contributed by atoms with Crippen LogP contribution in [0.15, 0.2) is 17.0 Å². The Balaban J connectivity index is 1.94. The van der Waals surface area contributed by atoms with Gasteiger partial charge in [0.2, 0.25) is 0 Å². The number of nitrogen functional groups attached to an aromatic ring is 1. The first-order valence-corrected chi connectivity index (χ1v) is 9.02. The van der Waals surface area contributed by atoms with Gasteiger partial charge in [0, 0.05) is 18.3 Å². The number of imidazole rings is 1. The van der Waals surface area contributed by atoms with Gasteiger partial charge in [-0.1, -0.05) is 6.42 Å². The van der Waals surface area contributed by atoms with E-state index in [1.54, 1.807) is 6.20 Å². The van der Waals surface area contributed by atoms with E-state index in [0.29, 0.717) is 5.82 Å². The van der Waals surface area contributed by atoms with Gasteiger partial charge in [0.05, 0.1) is 12.5 Å². The maximum Gasteiger partial charge on any atom is 0.311 e. The highest BCUT2D eigenvalue weighted by atomic mass is 79.9. The van der Waals surface area contributed by atoms with Crippen LogP contribution in [0.1, 0.15) is 51.3 Å². The summed E-state index contributed by atoms with van der Waals surface area (Å²) in [6, 6.07) is 0. The molecular weight excluding hydrogens is 372 g/mol. The molecule has 2 N–H and O–H groups in total. The molecule has 0 aliphatic heterocycles. The van der Waals surface area contributed by atoms with E-state index >= 15 is 0 Å². The molecule has 1 aliphatic rings. The molecule has 1 aliphatic carbocycles. The van der Waals surface area contributed by atoms with Crippen molar-refractivity contribution >= 4 is 33.2 Å². The lowest BCUT2D eigenvalue weighted by molar-refractivity contribution is -0.154. The van der Waals surface area contributed by atoms with Crippen LogP contribution in [-0.2, 0) is 9.53 Å². The van der Waals surface area contributed by atoms with E-state index < -0.39 is 5.41 Å². The fourth-order valence-electron chi connectivity index (χ4n) is 3.84. The van der Waals surface area contributed by atoms with Gasteiger partial charge in [-0.15, -0.1) is 0 Å². The summed E-state index contributed by atoms with van der Waals surface area (Å²) < 4.78 is 7.75. The molecule has 2 unspecified atom stereocenters. The molecule has 0 saturated heterocycles. The Bertz CT molecular complexity index is 771. The van der Waals surface area contributed by atoms with Crippen LogP contribution in [-0.4, -0.2) is 27.4 Å². The van der Waals surface area contributed by atoms with Crippen LogP contribution in [0.3, 0.4) is 0 Å². The summed E-state index contributed by atoms with van der Waals surface area (Å²) in [5, 5.41) is 0. The predicted octanol–water partition coefficient (Wildman–Crippen LogP) is 3.55. The Hall–Kier alpha value is -1.63. The molecule has 3 rings (SSSR count). The molecule has 0 amide bonds. The summed E-state index contributed by atoms with van der Waals surface area (Å²) in [6.45, 7) is 3.96. The SMILES string of the molecule is COC(=O)C(C)(C)C1CCCC(c2nc(Br)c3c(N)nccn23)C1. The molecule has 1 fully saturated rings. The van der Waals surface area contributed by atoms with Crippen molar-refractivity contribution in [1.82, 2.24) is 14.4 Å². The average Bonchev–Trinajstić information content (AvgIpc) is 2.92. The summed E-state index contributed by atoms with van der Waals surface area (Å²) in [6.07, 6.45) is 7.67. The zero-order valence-electron chi connectivity index (χ0n) is 14.3. The van der Waals surface area contributed by atoms with Crippen LogP contribution < -0.4 is 5.73 Å². The molecule has 24 heavy (non-hydrogen) atoms. The van der Waals surface area contributed by atoms with Gasteiger partial charge < -0.3 is 10.5 Å². The van der Waals surface area contributed by atoms with E-state index in [1.165, 1.54) is 7.11 Å². The topological polar surface area (TPSA) is 82.5 Å². The number of ether oxygens (including phenoxy) is 1. The highest BCUT2D eigenvalue weighted by Gasteiger charge is 2.41. The molecule has 0 aromatic carbocycles. The Labute approximate surface area is 149 Å². The molecule has 6 nitrogen and oxygen atoms in total. The van der Waals surface area contributed by atoms with Crippen LogP contribution in [0.5, 0.6) is 0 Å². The van der Waals surface area contributed by atoms with E-state index in [1.807, 2.05) is 24.4 Å². The predicted molar refractivity (Wildman–Crippen MR) is 95.6 cm³/mol. The van der Waals surface area contributed by atoms with E-state index in [2.05, 4.69) is 20.9 Å². The summed E-state index contributed by atoms with van der Waals surface area (Å²) in [7, 11) is 1.46. The molecule has 0 bridgehead atoms. The van der Waals surface area contributed by atoms with E-state index in [4.69, 9.17) is 15.5 Å². The minimum absolute atomic E-state index is 0.143. The number of carbonyl (C=O) groups excluding carboxylic acids is 1. The van der Waals surface area contributed by atoms with E-state index in [0.717, 1.165) is 41.6 Å². The number of hydrogen-bond acceptors (Lipinski definition) is 5. The van der Waals surface area contributed by atoms with Crippen LogP contribution in [0.2, 0.25) is 0 Å². The minimum Gasteiger partial charge on any atom is -0.469 e. The Kier molecular flexibility index (Phi) is 4.55. The maximum atomic E-state index is 12.2. The number of fused-ring (bicyclic) bond motifs is 1. The quantitative estimate of drug-likeness (QED) is 0.804. The summed E-state index contributed by atoms with van der Waals surface area (Å²) in [5.41, 5.74) is 6.31. The third kappa shape index (κ3) is 2.79. The van der Waals surface area contributed by atoms with Gasteiger partial charge in [0.25, 0.3) is 0 Å². The molecule has 7 heteroatoms. The Morgan fingerprint density at radius 2 is 2.21 bits per heavy atom. The number of nitrogens with zero attached hydrogens (tertiary/aromatic N) is 3. The first kappa shape index (κ1) is 17.2. The largest absolute Gasteiger partial charge is 0.469 e. The second-order valence-electron chi connectivity index (χ2n) is 7.07. The molecule has 2 heterocycles. The zero-order valence-corrected chi connectivity index (χ0v) is 15.8. The van der Waals surface area contributed by atoms with Crippen molar-refractivity contribution in [3.05, 3.63) is 22.8 Å². The molecule has 2 aromatic rings. The minimum atomic E-state index is -0.488. The average molecular weight is 395 g/mol. The molecule has 1 saturated carbocycles. The van der Waals surface area contributed by atoms with Crippen molar-refractivity contribution in [1.29, 1.82) is 0 Å². The maximum absolute atomic E-state index is 12.2. The zero-order chi connectivity index (χ0) is 17.5. The number of hydrogen-bond donors (Lipinski definition) is 1. The molecule has 0 radical (unpaired) electrons.